The Morgan fingerprint density at radius 3 is 2.76 bits per heavy atom. The molecule has 156 valence electrons. The van der Waals surface area contributed by atoms with Crippen molar-refractivity contribution in [3.8, 4) is 0 Å². The highest BCUT2D eigenvalue weighted by Crippen LogP contribution is 2.21. The highest BCUT2D eigenvalue weighted by molar-refractivity contribution is 5.94. The fraction of sp³-hybridized carbons (Fsp3) is 0.591. The summed E-state index contributed by atoms with van der Waals surface area (Å²) < 4.78 is 7.80. The third-order valence-corrected chi connectivity index (χ3v) is 6.04. The van der Waals surface area contributed by atoms with Crippen LogP contribution in [0.4, 0.5) is 5.82 Å². The highest BCUT2D eigenvalue weighted by atomic mass is 16.5. The number of piperidine rings is 1. The van der Waals surface area contributed by atoms with E-state index in [0.29, 0.717) is 11.5 Å². The average molecular weight is 398 g/mol. The van der Waals surface area contributed by atoms with Gasteiger partial charge in [0.15, 0.2) is 0 Å². The van der Waals surface area contributed by atoms with Crippen LogP contribution in [0.5, 0.6) is 0 Å². The van der Waals surface area contributed by atoms with Gasteiger partial charge in [0.05, 0.1) is 11.7 Å². The number of carbonyl (C=O) groups is 1. The quantitative estimate of drug-likeness (QED) is 0.750. The number of anilines is 1. The molecule has 7 heteroatoms. The highest BCUT2D eigenvalue weighted by Gasteiger charge is 2.24. The minimum absolute atomic E-state index is 0.0832. The summed E-state index contributed by atoms with van der Waals surface area (Å²) in [6.45, 7) is 4.22. The second kappa shape index (κ2) is 9.39. The smallest absolute Gasteiger partial charge is 0.255 e. The van der Waals surface area contributed by atoms with E-state index in [1.165, 1.54) is 6.42 Å². The van der Waals surface area contributed by atoms with Gasteiger partial charge < -0.3 is 14.5 Å². The van der Waals surface area contributed by atoms with E-state index in [2.05, 4.69) is 15.0 Å². The third-order valence-electron chi connectivity index (χ3n) is 6.04. The Morgan fingerprint density at radius 1 is 1.24 bits per heavy atom. The average Bonchev–Trinajstić information content (AvgIpc) is 3.28. The van der Waals surface area contributed by atoms with Gasteiger partial charge in [-0.05, 0) is 56.2 Å². The molecule has 4 rings (SSSR count). The number of amides is 1. The van der Waals surface area contributed by atoms with Crippen LogP contribution in [-0.4, -0.2) is 65.0 Å². The molecule has 1 amide bonds. The first kappa shape index (κ1) is 19.9. The molecule has 1 unspecified atom stereocenters. The molecule has 29 heavy (non-hydrogen) atoms. The molecular weight excluding hydrogens is 366 g/mol. The van der Waals surface area contributed by atoms with Gasteiger partial charge in [0.2, 0.25) is 0 Å². The number of likely N-dealkylation sites (N-methyl/N-ethyl adjacent to an activating group) is 1. The Balaban J connectivity index is 1.28. The van der Waals surface area contributed by atoms with Crippen LogP contribution in [0.15, 0.2) is 36.8 Å². The fourth-order valence-corrected chi connectivity index (χ4v) is 4.26. The molecule has 0 N–H and O–H groups in total. The lowest BCUT2D eigenvalue weighted by Crippen LogP contribution is -2.39. The lowest BCUT2D eigenvalue weighted by Gasteiger charge is -2.32. The van der Waals surface area contributed by atoms with Crippen molar-refractivity contribution in [1.82, 2.24) is 19.7 Å². The van der Waals surface area contributed by atoms with E-state index in [-0.39, 0.29) is 12.0 Å². The molecule has 0 bridgehead atoms. The number of hydrogen-bond donors (Lipinski definition) is 0. The SMILES string of the molecule is CN(CC1CCCCO1)c1ccc(C(=O)N2CCC(Cn3cccn3)CC2)cn1. The number of nitrogens with zero attached hydrogens (tertiary/aromatic N) is 5. The zero-order valence-electron chi connectivity index (χ0n) is 17.2. The predicted molar refractivity (Wildman–Crippen MR) is 112 cm³/mol. The van der Waals surface area contributed by atoms with Crippen LogP contribution in [-0.2, 0) is 11.3 Å². The molecular formula is C22H31N5O2. The number of carbonyl (C=O) groups excluding carboxylic acids is 1. The van der Waals surface area contributed by atoms with Gasteiger partial charge in [-0.1, -0.05) is 0 Å². The van der Waals surface area contributed by atoms with E-state index in [1.54, 1.807) is 6.20 Å². The summed E-state index contributed by atoms with van der Waals surface area (Å²) in [4.78, 5) is 21.5. The number of likely N-dealkylation sites (tertiary alicyclic amines) is 1. The Bertz CT molecular complexity index is 763. The zero-order chi connectivity index (χ0) is 20.1. The number of hydrogen-bond acceptors (Lipinski definition) is 5. The second-order valence-corrected chi connectivity index (χ2v) is 8.24. The van der Waals surface area contributed by atoms with Crippen molar-refractivity contribution in [3.63, 3.8) is 0 Å². The van der Waals surface area contributed by atoms with E-state index in [9.17, 15) is 4.79 Å². The van der Waals surface area contributed by atoms with Crippen LogP contribution < -0.4 is 4.90 Å². The molecule has 0 spiro atoms. The van der Waals surface area contributed by atoms with Crippen LogP contribution >= 0.6 is 0 Å². The molecule has 0 aliphatic carbocycles. The van der Waals surface area contributed by atoms with E-state index in [4.69, 9.17) is 4.74 Å². The topological polar surface area (TPSA) is 63.5 Å². The summed E-state index contributed by atoms with van der Waals surface area (Å²) in [6, 6.07) is 5.80. The molecule has 2 saturated heterocycles. The molecule has 1 atom stereocenters. The normalized spacial score (nSPS) is 20.6. The molecule has 0 saturated carbocycles. The summed E-state index contributed by atoms with van der Waals surface area (Å²) in [7, 11) is 2.03. The van der Waals surface area contributed by atoms with Crippen molar-refractivity contribution >= 4 is 11.7 Å². The van der Waals surface area contributed by atoms with Crippen LogP contribution in [0, 0.1) is 5.92 Å². The first-order valence-corrected chi connectivity index (χ1v) is 10.7. The molecule has 2 fully saturated rings. The van der Waals surface area contributed by atoms with Crippen molar-refractivity contribution in [2.45, 2.75) is 44.8 Å². The Kier molecular flexibility index (Phi) is 6.44. The minimum Gasteiger partial charge on any atom is -0.376 e. The fourth-order valence-electron chi connectivity index (χ4n) is 4.26. The van der Waals surface area contributed by atoms with Gasteiger partial charge in [-0.2, -0.15) is 5.10 Å². The second-order valence-electron chi connectivity index (χ2n) is 8.24. The molecule has 0 aromatic carbocycles. The first-order chi connectivity index (χ1) is 14.2. The Morgan fingerprint density at radius 2 is 2.10 bits per heavy atom. The molecule has 2 aliphatic heterocycles. The van der Waals surface area contributed by atoms with Crippen LogP contribution in [0.1, 0.15) is 42.5 Å². The van der Waals surface area contributed by atoms with Crippen molar-refractivity contribution < 1.29 is 9.53 Å². The third kappa shape index (κ3) is 5.15. The van der Waals surface area contributed by atoms with E-state index in [1.807, 2.05) is 47.2 Å². The largest absolute Gasteiger partial charge is 0.376 e. The van der Waals surface area contributed by atoms with Gasteiger partial charge in [0, 0.05) is 58.4 Å². The number of pyridine rings is 1. The summed E-state index contributed by atoms with van der Waals surface area (Å²) in [5, 5.41) is 4.29. The van der Waals surface area contributed by atoms with Gasteiger partial charge in [0.25, 0.3) is 5.91 Å². The maximum absolute atomic E-state index is 12.9. The Labute approximate surface area is 172 Å². The first-order valence-electron chi connectivity index (χ1n) is 10.7. The summed E-state index contributed by atoms with van der Waals surface area (Å²) in [6.07, 6.45) is 11.3. The van der Waals surface area contributed by atoms with Crippen LogP contribution in [0.3, 0.4) is 0 Å². The maximum atomic E-state index is 12.9. The predicted octanol–water partition coefficient (Wildman–Crippen LogP) is 2.84. The monoisotopic (exact) mass is 397 g/mol. The van der Waals surface area contributed by atoms with Crippen molar-refractivity contribution in [2.24, 2.45) is 5.92 Å². The summed E-state index contributed by atoms with van der Waals surface area (Å²) in [5.74, 6) is 1.55. The number of ether oxygens (including phenoxy) is 1. The van der Waals surface area contributed by atoms with Crippen molar-refractivity contribution in [3.05, 3.63) is 42.4 Å². The Hall–Kier alpha value is -2.41. The summed E-state index contributed by atoms with van der Waals surface area (Å²) in [5.41, 5.74) is 0.668. The molecule has 2 aliphatic rings. The maximum Gasteiger partial charge on any atom is 0.255 e. The van der Waals surface area contributed by atoms with Gasteiger partial charge >= 0.3 is 0 Å². The lowest BCUT2D eigenvalue weighted by atomic mass is 9.96. The zero-order valence-corrected chi connectivity index (χ0v) is 17.2. The van der Waals surface area contributed by atoms with E-state index < -0.39 is 0 Å². The summed E-state index contributed by atoms with van der Waals surface area (Å²) >= 11 is 0. The van der Waals surface area contributed by atoms with Crippen molar-refractivity contribution in [1.29, 1.82) is 0 Å². The van der Waals surface area contributed by atoms with Gasteiger partial charge in [-0.3, -0.25) is 9.48 Å². The molecule has 4 heterocycles. The van der Waals surface area contributed by atoms with Crippen molar-refractivity contribution in [2.75, 3.05) is 38.2 Å². The lowest BCUT2D eigenvalue weighted by molar-refractivity contribution is 0.0215. The van der Waals surface area contributed by atoms with Gasteiger partial charge in [0.1, 0.15) is 5.82 Å². The van der Waals surface area contributed by atoms with Gasteiger partial charge in [-0.25, -0.2) is 4.98 Å². The standard InChI is InChI=1S/C22H31N5O2/c1-25(17-20-5-2-3-14-29-20)21-7-6-19(15-23-21)22(28)26-12-8-18(9-13-26)16-27-11-4-10-24-27/h4,6-7,10-11,15,18,20H,2-3,5,8-9,12-14,16-17H2,1H3. The van der Waals surface area contributed by atoms with Gasteiger partial charge in [-0.15, -0.1) is 0 Å². The molecule has 2 aromatic heterocycles. The minimum atomic E-state index is 0.0832. The molecule has 7 nitrogen and oxygen atoms in total. The van der Waals surface area contributed by atoms with Crippen LogP contribution in [0.25, 0.3) is 0 Å². The van der Waals surface area contributed by atoms with E-state index >= 15 is 0 Å². The number of rotatable bonds is 6. The molecule has 2 aromatic rings. The van der Waals surface area contributed by atoms with E-state index in [0.717, 1.165) is 64.3 Å². The van der Waals surface area contributed by atoms with Crippen LogP contribution in [0.2, 0.25) is 0 Å². The number of aromatic nitrogens is 3. The molecule has 0 radical (unpaired) electrons.